The van der Waals surface area contributed by atoms with Crippen molar-refractivity contribution in [3.8, 4) is 0 Å². The van der Waals surface area contributed by atoms with E-state index in [0.29, 0.717) is 17.5 Å². The number of hydrogen-bond donors (Lipinski definition) is 1. The first-order valence-corrected chi connectivity index (χ1v) is 8.55. The molecule has 1 fully saturated rings. The molecule has 4 rings (SSSR count). The largest absolute Gasteiger partial charge is 0.353 e. The van der Waals surface area contributed by atoms with Crippen molar-refractivity contribution in [1.29, 1.82) is 0 Å². The molecule has 1 aromatic carbocycles. The van der Waals surface area contributed by atoms with Crippen LogP contribution in [0.25, 0.3) is 5.65 Å². The molecule has 1 unspecified atom stereocenters. The molecule has 122 valence electrons. The zero-order valence-corrected chi connectivity index (χ0v) is 13.9. The zero-order valence-electron chi connectivity index (χ0n) is 13.2. The lowest BCUT2D eigenvalue weighted by atomic mass is 9.92. The summed E-state index contributed by atoms with van der Waals surface area (Å²) in [6.07, 6.45) is 6.28. The van der Waals surface area contributed by atoms with Crippen molar-refractivity contribution in [2.75, 3.05) is 0 Å². The third-order valence-corrected chi connectivity index (χ3v) is 4.61. The topological polar surface area (TPSA) is 46.4 Å². The van der Waals surface area contributed by atoms with Crippen molar-refractivity contribution in [3.05, 3.63) is 71.1 Å². The lowest BCUT2D eigenvalue weighted by Gasteiger charge is -2.17. The SMILES string of the molecule is O=C(CC(c1ccccc1)c1cnc2ccc(Cl)cn12)NC1CC1. The number of aromatic nitrogens is 2. The summed E-state index contributed by atoms with van der Waals surface area (Å²) < 4.78 is 1.98. The molecule has 0 spiro atoms. The first-order chi connectivity index (χ1) is 11.7. The lowest BCUT2D eigenvalue weighted by Crippen LogP contribution is -2.27. The highest BCUT2D eigenvalue weighted by molar-refractivity contribution is 6.30. The summed E-state index contributed by atoms with van der Waals surface area (Å²) in [5.74, 6) is 0.0294. The fourth-order valence-electron chi connectivity index (χ4n) is 3.01. The average Bonchev–Trinajstić information content (AvgIpc) is 3.31. The molecule has 1 saturated carbocycles. The highest BCUT2D eigenvalue weighted by atomic mass is 35.5. The van der Waals surface area contributed by atoms with Gasteiger partial charge in [0.15, 0.2) is 0 Å². The molecule has 0 bridgehead atoms. The Balaban J connectivity index is 1.73. The number of carbonyl (C=O) groups excluding carboxylic acids is 1. The van der Waals surface area contributed by atoms with E-state index >= 15 is 0 Å². The fraction of sp³-hybridized carbons (Fsp3) is 0.263. The second kappa shape index (κ2) is 6.29. The molecule has 0 aliphatic heterocycles. The van der Waals surface area contributed by atoms with E-state index in [1.54, 1.807) is 0 Å². The van der Waals surface area contributed by atoms with Crippen molar-refractivity contribution in [3.63, 3.8) is 0 Å². The summed E-state index contributed by atoms with van der Waals surface area (Å²) >= 11 is 6.15. The molecular weight excluding hydrogens is 322 g/mol. The summed E-state index contributed by atoms with van der Waals surface area (Å²) in [5, 5.41) is 3.73. The molecule has 1 N–H and O–H groups in total. The molecule has 3 aromatic rings. The Hall–Kier alpha value is -2.33. The third kappa shape index (κ3) is 3.15. The van der Waals surface area contributed by atoms with Gasteiger partial charge in [-0.15, -0.1) is 0 Å². The van der Waals surface area contributed by atoms with Gasteiger partial charge in [-0.1, -0.05) is 41.9 Å². The predicted molar refractivity (Wildman–Crippen MR) is 94.3 cm³/mol. The Morgan fingerprint density at radius 3 is 2.79 bits per heavy atom. The van der Waals surface area contributed by atoms with Crippen LogP contribution in [-0.2, 0) is 4.79 Å². The van der Waals surface area contributed by atoms with Gasteiger partial charge in [-0.2, -0.15) is 0 Å². The Kier molecular flexibility index (Phi) is 3.98. The van der Waals surface area contributed by atoms with Gasteiger partial charge < -0.3 is 9.72 Å². The zero-order chi connectivity index (χ0) is 16.5. The van der Waals surface area contributed by atoms with Gasteiger partial charge in [0.05, 0.1) is 10.7 Å². The van der Waals surface area contributed by atoms with Gasteiger partial charge in [-0.3, -0.25) is 4.79 Å². The smallest absolute Gasteiger partial charge is 0.221 e. The standard InChI is InChI=1S/C19H18ClN3O/c20-14-6-9-18-21-11-17(23(18)12-14)16(13-4-2-1-3-5-13)10-19(24)22-15-7-8-15/h1-6,9,11-12,15-16H,7-8,10H2,(H,22,24). The van der Waals surface area contributed by atoms with Crippen molar-refractivity contribution in [1.82, 2.24) is 14.7 Å². The summed E-state index contributed by atoms with van der Waals surface area (Å²) in [4.78, 5) is 16.9. The van der Waals surface area contributed by atoms with Gasteiger partial charge in [-0.25, -0.2) is 4.98 Å². The summed E-state index contributed by atoms with van der Waals surface area (Å²) in [7, 11) is 0. The molecule has 1 atom stereocenters. The number of nitrogens with zero attached hydrogens (tertiary/aromatic N) is 2. The van der Waals surface area contributed by atoms with E-state index in [2.05, 4.69) is 22.4 Å². The Bertz CT molecular complexity index is 871. The highest BCUT2D eigenvalue weighted by Crippen LogP contribution is 2.30. The number of hydrogen-bond acceptors (Lipinski definition) is 2. The van der Waals surface area contributed by atoms with Crippen molar-refractivity contribution in [2.24, 2.45) is 0 Å². The number of amides is 1. The van der Waals surface area contributed by atoms with Gasteiger partial charge in [0.25, 0.3) is 0 Å². The van der Waals surface area contributed by atoms with Crippen LogP contribution in [0.15, 0.2) is 54.9 Å². The van der Waals surface area contributed by atoms with Gasteiger partial charge in [0.1, 0.15) is 5.65 Å². The number of benzene rings is 1. The quantitative estimate of drug-likeness (QED) is 0.768. The van der Waals surface area contributed by atoms with Crippen LogP contribution in [0.2, 0.25) is 5.02 Å². The van der Waals surface area contributed by atoms with Crippen molar-refractivity contribution in [2.45, 2.75) is 31.2 Å². The molecule has 0 saturated heterocycles. The first kappa shape index (κ1) is 15.2. The van der Waals surface area contributed by atoms with E-state index in [1.165, 1.54) is 0 Å². The number of carbonyl (C=O) groups is 1. The van der Waals surface area contributed by atoms with Gasteiger partial charge in [0.2, 0.25) is 5.91 Å². The molecule has 0 radical (unpaired) electrons. The fourth-order valence-corrected chi connectivity index (χ4v) is 3.17. The maximum Gasteiger partial charge on any atom is 0.221 e. The minimum absolute atomic E-state index is 0.0570. The van der Waals surface area contributed by atoms with Gasteiger partial charge in [-0.05, 0) is 30.5 Å². The van der Waals surface area contributed by atoms with E-state index in [4.69, 9.17) is 11.6 Å². The summed E-state index contributed by atoms with van der Waals surface area (Å²) in [5.41, 5.74) is 2.91. The van der Waals surface area contributed by atoms with Gasteiger partial charge in [0, 0.05) is 30.8 Å². The minimum Gasteiger partial charge on any atom is -0.353 e. The molecular formula is C19H18ClN3O. The van der Waals surface area contributed by atoms with E-state index < -0.39 is 0 Å². The summed E-state index contributed by atoms with van der Waals surface area (Å²) in [6, 6.07) is 14.2. The number of nitrogens with one attached hydrogen (secondary N) is 1. The first-order valence-electron chi connectivity index (χ1n) is 8.17. The Labute approximate surface area is 145 Å². The maximum atomic E-state index is 12.4. The van der Waals surface area contributed by atoms with E-state index in [0.717, 1.165) is 29.7 Å². The van der Waals surface area contributed by atoms with E-state index in [9.17, 15) is 4.79 Å². The number of fused-ring (bicyclic) bond motifs is 1. The monoisotopic (exact) mass is 339 g/mol. The minimum atomic E-state index is -0.0570. The van der Waals surface area contributed by atoms with E-state index in [1.807, 2.05) is 47.1 Å². The number of rotatable bonds is 5. The second-order valence-electron chi connectivity index (χ2n) is 6.27. The Morgan fingerprint density at radius 2 is 2.04 bits per heavy atom. The average molecular weight is 340 g/mol. The van der Waals surface area contributed by atoms with Crippen molar-refractivity contribution < 1.29 is 4.79 Å². The van der Waals surface area contributed by atoms with Crippen LogP contribution < -0.4 is 5.32 Å². The van der Waals surface area contributed by atoms with Crippen LogP contribution in [0.5, 0.6) is 0 Å². The molecule has 2 aromatic heterocycles. The van der Waals surface area contributed by atoms with Crippen molar-refractivity contribution >= 4 is 23.2 Å². The molecule has 1 aliphatic carbocycles. The summed E-state index contributed by atoms with van der Waals surface area (Å²) in [6.45, 7) is 0. The van der Waals surface area contributed by atoms with Crippen LogP contribution >= 0.6 is 11.6 Å². The third-order valence-electron chi connectivity index (χ3n) is 4.39. The predicted octanol–water partition coefficient (Wildman–Crippen LogP) is 3.79. The number of imidazole rings is 1. The van der Waals surface area contributed by atoms with Gasteiger partial charge >= 0.3 is 0 Å². The number of pyridine rings is 1. The number of halogens is 1. The van der Waals surface area contributed by atoms with Crippen LogP contribution in [0.4, 0.5) is 0 Å². The van der Waals surface area contributed by atoms with Crippen LogP contribution in [0, 0.1) is 0 Å². The molecule has 24 heavy (non-hydrogen) atoms. The highest BCUT2D eigenvalue weighted by Gasteiger charge is 2.27. The molecule has 5 heteroatoms. The second-order valence-corrected chi connectivity index (χ2v) is 6.70. The Morgan fingerprint density at radius 1 is 1.25 bits per heavy atom. The molecule has 4 nitrogen and oxygen atoms in total. The normalized spacial score (nSPS) is 15.4. The van der Waals surface area contributed by atoms with Crippen LogP contribution in [-0.4, -0.2) is 21.3 Å². The molecule has 2 heterocycles. The lowest BCUT2D eigenvalue weighted by molar-refractivity contribution is -0.121. The van der Waals surface area contributed by atoms with E-state index in [-0.39, 0.29) is 11.8 Å². The molecule has 1 aliphatic rings. The maximum absolute atomic E-state index is 12.4. The molecule has 1 amide bonds. The van der Waals surface area contributed by atoms with Crippen LogP contribution in [0.1, 0.15) is 36.4 Å². The van der Waals surface area contributed by atoms with Crippen LogP contribution in [0.3, 0.4) is 0 Å².